The topological polar surface area (TPSA) is 132 Å². The van der Waals surface area contributed by atoms with E-state index < -0.39 is 22.9 Å². The Kier molecular flexibility index (Phi) is 7.03. The Balaban J connectivity index is 1.97. The highest BCUT2D eigenvalue weighted by Crippen LogP contribution is 2.29. The Hall–Kier alpha value is -4.19. The van der Waals surface area contributed by atoms with Crippen LogP contribution in [0.1, 0.15) is 18.1 Å². The smallest absolute Gasteiger partial charge is 0.331 e. The number of nitro benzene ring substituents is 1. The third-order valence-electron chi connectivity index (χ3n) is 3.77. The van der Waals surface area contributed by atoms with Crippen LogP contribution in [0.25, 0.3) is 6.08 Å². The van der Waals surface area contributed by atoms with E-state index in [4.69, 9.17) is 14.7 Å². The number of methoxy groups -OCH3 is 1. The molecular formula is C20H17N3O6. The van der Waals surface area contributed by atoms with Gasteiger partial charge in [-0.1, -0.05) is 12.1 Å². The molecule has 0 aliphatic rings. The maximum atomic E-state index is 12.2. The van der Waals surface area contributed by atoms with Crippen LogP contribution in [-0.2, 0) is 14.3 Å². The van der Waals surface area contributed by atoms with E-state index in [-0.39, 0.29) is 17.1 Å². The molecule has 0 saturated heterocycles. The number of rotatable bonds is 7. The molecule has 0 unspecified atom stereocenters. The van der Waals surface area contributed by atoms with Crippen LogP contribution in [0.15, 0.2) is 48.5 Å². The van der Waals surface area contributed by atoms with Gasteiger partial charge >= 0.3 is 5.97 Å². The molecule has 0 heterocycles. The van der Waals surface area contributed by atoms with Crippen LogP contribution in [0.2, 0.25) is 0 Å². The van der Waals surface area contributed by atoms with Gasteiger partial charge in [0, 0.05) is 12.1 Å². The van der Waals surface area contributed by atoms with Crippen molar-refractivity contribution in [1.29, 1.82) is 5.26 Å². The quantitative estimate of drug-likeness (QED) is 0.330. The lowest BCUT2D eigenvalue weighted by Gasteiger charge is -2.14. The van der Waals surface area contributed by atoms with Gasteiger partial charge in [0.2, 0.25) is 0 Å². The summed E-state index contributed by atoms with van der Waals surface area (Å²) in [7, 11) is 1.31. The number of hydrogen-bond acceptors (Lipinski definition) is 7. The second-order valence-electron chi connectivity index (χ2n) is 5.78. The zero-order chi connectivity index (χ0) is 21.4. The van der Waals surface area contributed by atoms with E-state index in [1.54, 1.807) is 24.3 Å². The van der Waals surface area contributed by atoms with Crippen molar-refractivity contribution in [2.24, 2.45) is 0 Å². The predicted octanol–water partition coefficient (Wildman–Crippen LogP) is 3.06. The van der Waals surface area contributed by atoms with E-state index in [0.717, 1.165) is 6.08 Å². The number of non-ortho nitro benzene ring substituents is 1. The summed E-state index contributed by atoms with van der Waals surface area (Å²) in [5.41, 5.74) is 1.21. The molecule has 148 valence electrons. The van der Waals surface area contributed by atoms with Crippen molar-refractivity contribution in [1.82, 2.24) is 0 Å². The van der Waals surface area contributed by atoms with Gasteiger partial charge in [0.15, 0.2) is 6.10 Å². The van der Waals surface area contributed by atoms with Crippen molar-refractivity contribution in [2.75, 3.05) is 12.4 Å². The van der Waals surface area contributed by atoms with Gasteiger partial charge in [0.1, 0.15) is 5.75 Å². The number of benzene rings is 2. The molecule has 0 aliphatic heterocycles. The average Bonchev–Trinajstić information content (AvgIpc) is 2.72. The summed E-state index contributed by atoms with van der Waals surface area (Å²) < 4.78 is 10.1. The molecule has 0 radical (unpaired) electrons. The van der Waals surface area contributed by atoms with Crippen molar-refractivity contribution in [2.45, 2.75) is 13.0 Å². The summed E-state index contributed by atoms with van der Waals surface area (Å²) in [6, 6.07) is 12.3. The second-order valence-corrected chi connectivity index (χ2v) is 5.78. The van der Waals surface area contributed by atoms with Gasteiger partial charge in [-0.3, -0.25) is 14.9 Å². The molecule has 0 fully saturated rings. The molecule has 29 heavy (non-hydrogen) atoms. The fraction of sp³-hybridized carbons (Fsp3) is 0.150. The number of nitriles is 1. The van der Waals surface area contributed by atoms with Crippen LogP contribution in [-0.4, -0.2) is 30.0 Å². The predicted molar refractivity (Wildman–Crippen MR) is 104 cm³/mol. The summed E-state index contributed by atoms with van der Waals surface area (Å²) in [6.07, 6.45) is 1.54. The summed E-state index contributed by atoms with van der Waals surface area (Å²) in [6.45, 7) is 1.39. The Morgan fingerprint density at radius 2 is 1.93 bits per heavy atom. The molecule has 2 rings (SSSR count). The third-order valence-corrected chi connectivity index (χ3v) is 3.77. The van der Waals surface area contributed by atoms with Crippen LogP contribution in [0.3, 0.4) is 0 Å². The van der Waals surface area contributed by atoms with Gasteiger partial charge in [-0.15, -0.1) is 0 Å². The number of carbonyl (C=O) groups is 2. The Morgan fingerprint density at radius 3 is 2.52 bits per heavy atom. The van der Waals surface area contributed by atoms with E-state index in [2.05, 4.69) is 5.32 Å². The van der Waals surface area contributed by atoms with Crippen molar-refractivity contribution in [3.8, 4) is 11.8 Å². The lowest BCUT2D eigenvalue weighted by atomic mass is 10.1. The molecule has 0 saturated carbocycles. The number of esters is 1. The SMILES string of the molecule is COc1cc([N+](=O)[O-])ccc1NC(=O)[C@H](C)OC(=O)/C=C/c1ccc(C#N)cc1. The first-order valence-electron chi connectivity index (χ1n) is 8.36. The molecular weight excluding hydrogens is 378 g/mol. The Bertz CT molecular complexity index is 992. The van der Waals surface area contributed by atoms with Crippen LogP contribution in [0.4, 0.5) is 11.4 Å². The van der Waals surface area contributed by atoms with Crippen molar-refractivity contribution >= 4 is 29.3 Å². The van der Waals surface area contributed by atoms with Crippen molar-refractivity contribution in [3.05, 3.63) is 69.8 Å². The number of carbonyl (C=O) groups excluding carboxylic acids is 2. The van der Waals surface area contributed by atoms with Crippen molar-refractivity contribution < 1.29 is 24.0 Å². The maximum Gasteiger partial charge on any atom is 0.331 e. The van der Waals surface area contributed by atoms with Crippen LogP contribution in [0.5, 0.6) is 5.75 Å². The molecule has 1 N–H and O–H groups in total. The van der Waals surface area contributed by atoms with Gasteiger partial charge in [-0.05, 0) is 36.8 Å². The van der Waals surface area contributed by atoms with E-state index in [1.807, 2.05) is 6.07 Å². The van der Waals surface area contributed by atoms with Gasteiger partial charge in [-0.2, -0.15) is 5.26 Å². The standard InChI is InChI=1S/C20H17N3O6/c1-13(29-19(24)10-7-14-3-5-15(12-21)6-4-14)20(25)22-17-9-8-16(23(26)27)11-18(17)28-2/h3-11,13H,1-2H3,(H,22,25)/b10-7+/t13-/m0/s1. The normalized spacial score (nSPS) is 11.3. The van der Waals surface area contributed by atoms with E-state index >= 15 is 0 Å². The number of anilines is 1. The van der Waals surface area contributed by atoms with Gasteiger partial charge in [0.25, 0.3) is 11.6 Å². The first-order valence-corrected chi connectivity index (χ1v) is 8.36. The summed E-state index contributed by atoms with van der Waals surface area (Å²) in [5, 5.41) is 22.1. The summed E-state index contributed by atoms with van der Waals surface area (Å²) >= 11 is 0. The molecule has 0 bridgehead atoms. The number of nitrogens with zero attached hydrogens (tertiary/aromatic N) is 2. The van der Waals surface area contributed by atoms with Crippen LogP contribution >= 0.6 is 0 Å². The monoisotopic (exact) mass is 395 g/mol. The zero-order valence-electron chi connectivity index (χ0n) is 15.6. The fourth-order valence-corrected chi connectivity index (χ4v) is 2.23. The molecule has 9 heteroatoms. The number of ether oxygens (including phenoxy) is 2. The molecule has 2 aromatic carbocycles. The first-order chi connectivity index (χ1) is 13.8. The molecule has 0 aromatic heterocycles. The first kappa shape index (κ1) is 21.1. The fourth-order valence-electron chi connectivity index (χ4n) is 2.23. The lowest BCUT2D eigenvalue weighted by Crippen LogP contribution is -2.29. The second kappa shape index (κ2) is 9.66. The highest BCUT2D eigenvalue weighted by molar-refractivity contribution is 5.97. The zero-order valence-corrected chi connectivity index (χ0v) is 15.6. The highest BCUT2D eigenvalue weighted by atomic mass is 16.6. The molecule has 1 atom stereocenters. The highest BCUT2D eigenvalue weighted by Gasteiger charge is 2.19. The van der Waals surface area contributed by atoms with Crippen LogP contribution in [0, 0.1) is 21.4 Å². The van der Waals surface area contributed by atoms with E-state index in [1.165, 1.54) is 38.3 Å². The summed E-state index contributed by atoms with van der Waals surface area (Å²) in [4.78, 5) is 34.4. The molecule has 0 aliphatic carbocycles. The average molecular weight is 395 g/mol. The minimum absolute atomic E-state index is 0.104. The largest absolute Gasteiger partial charge is 0.494 e. The Morgan fingerprint density at radius 1 is 1.24 bits per heavy atom. The minimum Gasteiger partial charge on any atom is -0.494 e. The minimum atomic E-state index is -1.12. The number of hydrogen-bond donors (Lipinski definition) is 1. The van der Waals surface area contributed by atoms with Crippen molar-refractivity contribution in [3.63, 3.8) is 0 Å². The van der Waals surface area contributed by atoms with Crippen LogP contribution < -0.4 is 10.1 Å². The molecule has 1 amide bonds. The van der Waals surface area contributed by atoms with Gasteiger partial charge in [0.05, 0.1) is 35.4 Å². The summed E-state index contributed by atoms with van der Waals surface area (Å²) in [5.74, 6) is -1.25. The molecule has 2 aromatic rings. The van der Waals surface area contributed by atoms with Gasteiger partial charge < -0.3 is 14.8 Å². The third kappa shape index (κ3) is 5.90. The number of nitrogens with one attached hydrogen (secondary N) is 1. The van der Waals surface area contributed by atoms with Gasteiger partial charge in [-0.25, -0.2) is 4.79 Å². The number of amides is 1. The molecule has 9 nitrogen and oxygen atoms in total. The maximum absolute atomic E-state index is 12.2. The van der Waals surface area contributed by atoms with E-state index in [9.17, 15) is 19.7 Å². The van der Waals surface area contributed by atoms with E-state index in [0.29, 0.717) is 11.1 Å². The lowest BCUT2D eigenvalue weighted by molar-refractivity contribution is -0.384. The Labute approximate surface area is 166 Å². The molecule has 0 spiro atoms. The number of nitro groups is 1.